The number of benzene rings is 1. The highest BCUT2D eigenvalue weighted by Gasteiger charge is 2.11. The summed E-state index contributed by atoms with van der Waals surface area (Å²) < 4.78 is 11.5. The first-order valence-corrected chi connectivity index (χ1v) is 8.59. The Balaban J connectivity index is 1.96. The maximum absolute atomic E-state index is 12.4. The van der Waals surface area contributed by atoms with E-state index in [4.69, 9.17) is 9.47 Å². The zero-order valence-electron chi connectivity index (χ0n) is 14.8. The first-order chi connectivity index (χ1) is 12.7. The summed E-state index contributed by atoms with van der Waals surface area (Å²) in [4.78, 5) is 15.2. The quantitative estimate of drug-likeness (QED) is 0.643. The van der Waals surface area contributed by atoms with Gasteiger partial charge in [-0.15, -0.1) is 10.2 Å². The number of tetrazole rings is 1. The lowest BCUT2D eigenvalue weighted by molar-refractivity contribution is 0.302. The van der Waals surface area contributed by atoms with Crippen molar-refractivity contribution in [2.24, 2.45) is 0 Å². The van der Waals surface area contributed by atoms with E-state index in [2.05, 4.69) is 25.6 Å². The molecule has 0 unspecified atom stereocenters. The van der Waals surface area contributed by atoms with Crippen LogP contribution in [0.5, 0.6) is 11.5 Å². The minimum atomic E-state index is -0.292. The fraction of sp³-hybridized carbons (Fsp3) is 0.333. The number of H-pyrrole nitrogens is 2. The Hall–Kier alpha value is -3.16. The van der Waals surface area contributed by atoms with Gasteiger partial charge in [-0.3, -0.25) is 4.79 Å². The minimum absolute atomic E-state index is 0.254. The molecule has 0 bridgehead atoms. The normalized spacial score (nSPS) is 10.7. The van der Waals surface area contributed by atoms with E-state index in [1.807, 2.05) is 32.0 Å². The second-order valence-corrected chi connectivity index (χ2v) is 5.74. The summed E-state index contributed by atoms with van der Waals surface area (Å²) in [5.74, 6) is 1.67. The zero-order chi connectivity index (χ0) is 18.4. The molecular formula is C18H21N5O3. The number of rotatable bonds is 8. The van der Waals surface area contributed by atoms with Gasteiger partial charge in [0, 0.05) is 17.3 Å². The Morgan fingerprint density at radius 1 is 1.00 bits per heavy atom. The van der Waals surface area contributed by atoms with Crippen molar-refractivity contribution in [2.75, 3.05) is 13.2 Å². The number of pyridine rings is 1. The average Bonchev–Trinajstić information content (AvgIpc) is 3.19. The molecule has 2 N–H and O–H groups in total. The molecule has 0 aliphatic carbocycles. The van der Waals surface area contributed by atoms with Crippen LogP contribution in [0, 0.1) is 0 Å². The molecule has 26 heavy (non-hydrogen) atoms. The van der Waals surface area contributed by atoms with Crippen molar-refractivity contribution < 1.29 is 9.47 Å². The average molecular weight is 355 g/mol. The fourth-order valence-electron chi connectivity index (χ4n) is 2.43. The van der Waals surface area contributed by atoms with Crippen molar-refractivity contribution in [3.63, 3.8) is 0 Å². The molecule has 2 aromatic heterocycles. The molecule has 0 fully saturated rings. The van der Waals surface area contributed by atoms with Crippen molar-refractivity contribution in [1.82, 2.24) is 25.6 Å². The molecule has 136 valence electrons. The van der Waals surface area contributed by atoms with Crippen molar-refractivity contribution in [1.29, 1.82) is 0 Å². The Kier molecular flexibility index (Phi) is 5.62. The molecule has 1 aromatic carbocycles. The third kappa shape index (κ3) is 4.08. The van der Waals surface area contributed by atoms with Gasteiger partial charge in [0.25, 0.3) is 5.56 Å². The number of ether oxygens (including phenoxy) is 2. The molecular weight excluding hydrogens is 334 g/mol. The standard InChI is InChI=1S/C18H21N5O3/c1-3-7-25-13-9-12(10-14(11-13)26-8-4-2)16-6-5-15(18(24)19-16)17-20-22-23-21-17/h5-6,9-11H,3-4,7-8H2,1-2H3,(H,19,24)(H,20,21,22,23). The molecule has 3 aromatic rings. The predicted molar refractivity (Wildman–Crippen MR) is 97.2 cm³/mol. The maximum atomic E-state index is 12.4. The third-order valence-corrected chi connectivity index (χ3v) is 3.63. The van der Waals surface area contributed by atoms with E-state index in [0.717, 1.165) is 18.4 Å². The van der Waals surface area contributed by atoms with Crippen LogP contribution < -0.4 is 15.0 Å². The summed E-state index contributed by atoms with van der Waals surface area (Å²) >= 11 is 0. The Morgan fingerprint density at radius 2 is 1.69 bits per heavy atom. The van der Waals surface area contributed by atoms with Crippen LogP contribution >= 0.6 is 0 Å². The van der Waals surface area contributed by atoms with E-state index in [-0.39, 0.29) is 11.4 Å². The smallest absolute Gasteiger partial charge is 0.259 e. The number of aromatic amines is 2. The molecule has 0 saturated carbocycles. The van der Waals surface area contributed by atoms with E-state index in [1.54, 1.807) is 12.1 Å². The van der Waals surface area contributed by atoms with E-state index in [1.165, 1.54) is 0 Å². The lowest BCUT2D eigenvalue weighted by atomic mass is 10.1. The topological polar surface area (TPSA) is 106 Å². The maximum Gasteiger partial charge on any atom is 0.259 e. The summed E-state index contributed by atoms with van der Waals surface area (Å²) in [7, 11) is 0. The molecule has 0 saturated heterocycles. The Bertz CT molecular complexity index is 879. The van der Waals surface area contributed by atoms with Crippen molar-refractivity contribution in [3.8, 4) is 34.1 Å². The molecule has 0 aliphatic rings. The highest BCUT2D eigenvalue weighted by atomic mass is 16.5. The van der Waals surface area contributed by atoms with Crippen LogP contribution in [0.1, 0.15) is 26.7 Å². The zero-order valence-corrected chi connectivity index (χ0v) is 14.8. The van der Waals surface area contributed by atoms with Gasteiger partial charge in [-0.1, -0.05) is 13.8 Å². The van der Waals surface area contributed by atoms with Gasteiger partial charge in [0.2, 0.25) is 5.82 Å². The SMILES string of the molecule is CCCOc1cc(OCCC)cc(-c2ccc(-c3nn[nH]n3)c(=O)[nH]2)c1. The van der Waals surface area contributed by atoms with Crippen LogP contribution in [0.25, 0.3) is 22.6 Å². The summed E-state index contributed by atoms with van der Waals surface area (Å²) in [6, 6.07) is 9.10. The van der Waals surface area contributed by atoms with Gasteiger partial charge >= 0.3 is 0 Å². The van der Waals surface area contributed by atoms with Crippen LogP contribution in [0.4, 0.5) is 0 Å². The summed E-state index contributed by atoms with van der Waals surface area (Å²) in [6.45, 7) is 5.33. The van der Waals surface area contributed by atoms with Crippen LogP contribution in [-0.2, 0) is 0 Å². The highest BCUT2D eigenvalue weighted by Crippen LogP contribution is 2.29. The van der Waals surface area contributed by atoms with Gasteiger partial charge in [0.1, 0.15) is 11.5 Å². The van der Waals surface area contributed by atoms with E-state index >= 15 is 0 Å². The molecule has 2 heterocycles. The Labute approximate surface area is 150 Å². The molecule has 0 amide bonds. The molecule has 0 atom stereocenters. The molecule has 0 spiro atoms. The molecule has 3 rings (SSSR count). The second-order valence-electron chi connectivity index (χ2n) is 5.74. The number of hydrogen-bond acceptors (Lipinski definition) is 6. The lowest BCUT2D eigenvalue weighted by Crippen LogP contribution is -2.10. The number of nitrogens with zero attached hydrogens (tertiary/aromatic N) is 3. The molecule has 0 aliphatic heterocycles. The summed E-state index contributed by atoms with van der Waals surface area (Å²) in [5.41, 5.74) is 1.52. The van der Waals surface area contributed by atoms with E-state index < -0.39 is 0 Å². The van der Waals surface area contributed by atoms with Gasteiger partial charge in [0.15, 0.2) is 0 Å². The van der Waals surface area contributed by atoms with Gasteiger partial charge < -0.3 is 14.5 Å². The first-order valence-electron chi connectivity index (χ1n) is 8.59. The van der Waals surface area contributed by atoms with Gasteiger partial charge in [-0.05, 0) is 42.3 Å². The molecule has 8 heteroatoms. The first kappa shape index (κ1) is 17.7. The predicted octanol–water partition coefficient (Wildman–Crippen LogP) is 2.80. The Morgan fingerprint density at radius 3 is 2.23 bits per heavy atom. The van der Waals surface area contributed by atoms with Crippen LogP contribution in [0.3, 0.4) is 0 Å². The fourth-order valence-corrected chi connectivity index (χ4v) is 2.43. The number of hydrogen-bond donors (Lipinski definition) is 2. The minimum Gasteiger partial charge on any atom is -0.493 e. The van der Waals surface area contributed by atoms with Crippen LogP contribution in [-0.4, -0.2) is 38.8 Å². The van der Waals surface area contributed by atoms with Crippen LogP contribution in [0.2, 0.25) is 0 Å². The summed E-state index contributed by atoms with van der Waals surface area (Å²) in [5, 5.41) is 13.5. The van der Waals surface area contributed by atoms with E-state index in [9.17, 15) is 4.79 Å². The lowest BCUT2D eigenvalue weighted by Gasteiger charge is -2.12. The van der Waals surface area contributed by atoms with E-state index in [0.29, 0.717) is 36.0 Å². The molecule has 8 nitrogen and oxygen atoms in total. The van der Waals surface area contributed by atoms with Crippen LogP contribution in [0.15, 0.2) is 35.1 Å². The number of aromatic nitrogens is 5. The summed E-state index contributed by atoms with van der Waals surface area (Å²) in [6.07, 6.45) is 1.82. The van der Waals surface area contributed by atoms with Crippen molar-refractivity contribution in [3.05, 3.63) is 40.7 Å². The van der Waals surface area contributed by atoms with Gasteiger partial charge in [-0.2, -0.15) is 5.21 Å². The highest BCUT2D eigenvalue weighted by molar-refractivity contribution is 5.66. The van der Waals surface area contributed by atoms with Crippen molar-refractivity contribution >= 4 is 0 Å². The second kappa shape index (κ2) is 8.28. The third-order valence-electron chi connectivity index (χ3n) is 3.63. The van der Waals surface area contributed by atoms with Crippen molar-refractivity contribution in [2.45, 2.75) is 26.7 Å². The van der Waals surface area contributed by atoms with Gasteiger partial charge in [-0.25, -0.2) is 0 Å². The molecule has 0 radical (unpaired) electrons. The largest absolute Gasteiger partial charge is 0.493 e. The monoisotopic (exact) mass is 355 g/mol. The van der Waals surface area contributed by atoms with Gasteiger partial charge in [0.05, 0.1) is 18.8 Å². The number of nitrogens with one attached hydrogen (secondary N) is 2.